The van der Waals surface area contributed by atoms with Gasteiger partial charge in [0.1, 0.15) is 6.54 Å². The molecule has 0 atom stereocenters. The van der Waals surface area contributed by atoms with Crippen molar-refractivity contribution < 1.29 is 27.5 Å². The maximum Gasteiger partial charge on any atom is 0.417 e. The van der Waals surface area contributed by atoms with Crippen LogP contribution in [-0.4, -0.2) is 23.1 Å². The highest BCUT2D eigenvalue weighted by atomic mass is 19.4. The Morgan fingerprint density at radius 1 is 1.15 bits per heavy atom. The fraction of sp³-hybridized carbons (Fsp3) is 0.278. The zero-order chi connectivity index (χ0) is 20.0. The molecule has 1 amide bonds. The van der Waals surface area contributed by atoms with Crippen molar-refractivity contribution in [2.24, 2.45) is 0 Å². The van der Waals surface area contributed by atoms with Crippen molar-refractivity contribution in [2.45, 2.75) is 26.1 Å². The molecule has 0 unspecified atom stereocenters. The van der Waals surface area contributed by atoms with Gasteiger partial charge >= 0.3 is 12.1 Å². The second-order valence-electron chi connectivity index (χ2n) is 5.60. The zero-order valence-corrected chi connectivity index (χ0v) is 14.4. The van der Waals surface area contributed by atoms with E-state index in [1.165, 1.54) is 0 Å². The third-order valence-electron chi connectivity index (χ3n) is 3.65. The SMILES string of the molecule is CCc1ccccc1NC(=O)COC(=O)Cn1cc(C(F)(F)F)ccc1=O. The van der Waals surface area contributed by atoms with Crippen LogP contribution < -0.4 is 10.9 Å². The number of benzene rings is 1. The lowest BCUT2D eigenvalue weighted by atomic mass is 10.1. The number of pyridine rings is 1. The van der Waals surface area contributed by atoms with Crippen LogP contribution >= 0.6 is 0 Å². The maximum atomic E-state index is 12.7. The molecule has 0 aliphatic carbocycles. The Morgan fingerprint density at radius 3 is 2.52 bits per heavy atom. The van der Waals surface area contributed by atoms with Crippen molar-refractivity contribution in [3.63, 3.8) is 0 Å². The number of anilines is 1. The standard InChI is InChI=1S/C18H17F3N2O4/c1-2-12-5-3-4-6-14(12)22-15(24)11-27-17(26)10-23-9-13(18(19,20)21)7-8-16(23)25/h3-9H,2,10-11H2,1H3,(H,22,24). The lowest BCUT2D eigenvalue weighted by molar-refractivity contribution is -0.148. The summed E-state index contributed by atoms with van der Waals surface area (Å²) in [5.41, 5.74) is -0.382. The molecule has 1 N–H and O–H groups in total. The van der Waals surface area contributed by atoms with Gasteiger partial charge in [-0.15, -0.1) is 0 Å². The van der Waals surface area contributed by atoms with E-state index in [-0.39, 0.29) is 0 Å². The summed E-state index contributed by atoms with van der Waals surface area (Å²) in [4.78, 5) is 35.2. The Hall–Kier alpha value is -3.10. The number of para-hydroxylation sites is 1. The van der Waals surface area contributed by atoms with Crippen LogP contribution in [0.5, 0.6) is 0 Å². The van der Waals surface area contributed by atoms with Crippen LogP contribution in [0.2, 0.25) is 0 Å². The van der Waals surface area contributed by atoms with Gasteiger partial charge in [0.25, 0.3) is 11.5 Å². The number of hydrogen-bond acceptors (Lipinski definition) is 4. The van der Waals surface area contributed by atoms with E-state index in [1.54, 1.807) is 12.1 Å². The first-order valence-corrected chi connectivity index (χ1v) is 8.01. The summed E-state index contributed by atoms with van der Waals surface area (Å²) in [6.45, 7) is 0.560. The maximum absolute atomic E-state index is 12.7. The first-order valence-electron chi connectivity index (χ1n) is 8.01. The van der Waals surface area contributed by atoms with Crippen molar-refractivity contribution >= 4 is 17.6 Å². The molecule has 1 aromatic carbocycles. The number of alkyl halides is 3. The lowest BCUT2D eigenvalue weighted by Crippen LogP contribution is -2.28. The fourth-order valence-corrected chi connectivity index (χ4v) is 2.29. The zero-order valence-electron chi connectivity index (χ0n) is 14.4. The van der Waals surface area contributed by atoms with Crippen molar-refractivity contribution in [1.82, 2.24) is 4.57 Å². The molecule has 2 aromatic rings. The molecule has 0 aliphatic heterocycles. The number of ether oxygens (including phenoxy) is 1. The second-order valence-corrected chi connectivity index (χ2v) is 5.60. The molecule has 2 rings (SSSR count). The van der Waals surface area contributed by atoms with E-state index in [2.05, 4.69) is 5.32 Å². The topological polar surface area (TPSA) is 77.4 Å². The van der Waals surface area contributed by atoms with E-state index in [0.717, 1.165) is 5.56 Å². The molecule has 0 bridgehead atoms. The number of rotatable bonds is 6. The largest absolute Gasteiger partial charge is 0.454 e. The summed E-state index contributed by atoms with van der Waals surface area (Å²) in [6, 6.07) is 8.43. The Labute approximate surface area is 152 Å². The number of halogens is 3. The van der Waals surface area contributed by atoms with Gasteiger partial charge < -0.3 is 14.6 Å². The van der Waals surface area contributed by atoms with Crippen LogP contribution in [-0.2, 0) is 33.5 Å². The van der Waals surface area contributed by atoms with E-state index < -0.39 is 42.3 Å². The summed E-state index contributed by atoms with van der Waals surface area (Å²) in [6.07, 6.45) is -3.43. The number of carbonyl (C=O) groups excluding carboxylic acids is 2. The van der Waals surface area contributed by atoms with Gasteiger partial charge in [-0.1, -0.05) is 25.1 Å². The molecule has 1 aromatic heterocycles. The minimum Gasteiger partial charge on any atom is -0.454 e. The number of nitrogens with one attached hydrogen (secondary N) is 1. The lowest BCUT2D eigenvalue weighted by Gasteiger charge is -2.11. The highest BCUT2D eigenvalue weighted by molar-refractivity contribution is 5.93. The molecule has 0 aliphatic rings. The minimum absolute atomic E-state index is 0.529. The quantitative estimate of drug-likeness (QED) is 0.779. The molecule has 1 heterocycles. The Morgan fingerprint density at radius 2 is 1.85 bits per heavy atom. The van der Waals surface area contributed by atoms with Gasteiger partial charge in [0.05, 0.1) is 5.56 Å². The van der Waals surface area contributed by atoms with Crippen molar-refractivity contribution in [3.8, 4) is 0 Å². The molecule has 9 heteroatoms. The molecular weight excluding hydrogens is 365 g/mol. The summed E-state index contributed by atoms with van der Waals surface area (Å²) in [7, 11) is 0. The second kappa shape index (κ2) is 8.52. The number of aromatic nitrogens is 1. The van der Waals surface area contributed by atoms with Gasteiger partial charge in [-0.3, -0.25) is 14.4 Å². The highest BCUT2D eigenvalue weighted by Crippen LogP contribution is 2.28. The molecule has 0 saturated heterocycles. The van der Waals surface area contributed by atoms with Crippen LogP contribution in [0.15, 0.2) is 47.4 Å². The third-order valence-corrected chi connectivity index (χ3v) is 3.65. The molecule has 0 fully saturated rings. The third kappa shape index (κ3) is 5.70. The first kappa shape index (κ1) is 20.2. The molecule has 0 radical (unpaired) electrons. The Bertz CT molecular complexity index is 891. The van der Waals surface area contributed by atoms with Gasteiger partial charge in [0.15, 0.2) is 6.61 Å². The normalized spacial score (nSPS) is 11.1. The van der Waals surface area contributed by atoms with E-state index >= 15 is 0 Å². The van der Waals surface area contributed by atoms with Crippen LogP contribution in [0.1, 0.15) is 18.1 Å². The molecule has 0 saturated carbocycles. The van der Waals surface area contributed by atoms with Crippen molar-refractivity contribution in [3.05, 3.63) is 64.1 Å². The predicted octanol–water partition coefficient (Wildman–Crippen LogP) is 2.61. The van der Waals surface area contributed by atoms with Crippen molar-refractivity contribution in [2.75, 3.05) is 11.9 Å². The monoisotopic (exact) mass is 382 g/mol. The van der Waals surface area contributed by atoms with Gasteiger partial charge in [-0.05, 0) is 24.1 Å². The fourth-order valence-electron chi connectivity index (χ4n) is 2.29. The van der Waals surface area contributed by atoms with Crippen molar-refractivity contribution in [1.29, 1.82) is 0 Å². The molecule has 0 spiro atoms. The number of amides is 1. The van der Waals surface area contributed by atoms with Gasteiger partial charge in [0.2, 0.25) is 0 Å². The number of esters is 1. The smallest absolute Gasteiger partial charge is 0.417 e. The van der Waals surface area contributed by atoms with Crippen LogP contribution in [0, 0.1) is 0 Å². The van der Waals surface area contributed by atoms with Crippen LogP contribution in [0.25, 0.3) is 0 Å². The Kier molecular flexibility index (Phi) is 6.38. The molecule has 27 heavy (non-hydrogen) atoms. The summed E-state index contributed by atoms with van der Waals surface area (Å²) in [5.74, 6) is -1.60. The average Bonchev–Trinajstić information content (AvgIpc) is 2.61. The molecule has 144 valence electrons. The van der Waals surface area contributed by atoms with E-state index in [0.29, 0.717) is 35.0 Å². The van der Waals surface area contributed by atoms with Gasteiger partial charge in [0, 0.05) is 18.0 Å². The van der Waals surface area contributed by atoms with E-state index in [9.17, 15) is 27.6 Å². The minimum atomic E-state index is -4.65. The van der Waals surface area contributed by atoms with Crippen LogP contribution in [0.3, 0.4) is 0 Å². The summed E-state index contributed by atoms with van der Waals surface area (Å²) < 4.78 is 43.3. The van der Waals surface area contributed by atoms with E-state index in [4.69, 9.17) is 4.74 Å². The van der Waals surface area contributed by atoms with Crippen LogP contribution in [0.4, 0.5) is 18.9 Å². The van der Waals surface area contributed by atoms with Gasteiger partial charge in [-0.25, -0.2) is 0 Å². The summed E-state index contributed by atoms with van der Waals surface area (Å²) >= 11 is 0. The highest BCUT2D eigenvalue weighted by Gasteiger charge is 2.31. The number of hydrogen-bond donors (Lipinski definition) is 1. The van der Waals surface area contributed by atoms with Gasteiger partial charge in [-0.2, -0.15) is 13.2 Å². The molecular formula is C18H17F3N2O4. The number of aryl methyl sites for hydroxylation is 1. The molecule has 6 nitrogen and oxygen atoms in total. The number of nitrogens with zero attached hydrogens (tertiary/aromatic N) is 1. The summed E-state index contributed by atoms with van der Waals surface area (Å²) in [5, 5.41) is 2.59. The first-order chi connectivity index (χ1) is 12.7. The predicted molar refractivity (Wildman–Crippen MR) is 91.1 cm³/mol. The van der Waals surface area contributed by atoms with E-state index in [1.807, 2.05) is 19.1 Å². The number of carbonyl (C=O) groups is 2. The average molecular weight is 382 g/mol. The Balaban J connectivity index is 1.95.